The van der Waals surface area contributed by atoms with Crippen LogP contribution in [0.2, 0.25) is 0 Å². The Kier molecular flexibility index (Phi) is 12.9. The van der Waals surface area contributed by atoms with Gasteiger partial charge in [-0.05, 0) is 25.0 Å². The standard InChI is InChI=1S/C18H31O4P.H3N/c1-2-3-4-5-6-7-8-10-15-18(16-23(19,20)21)22-17-13-11-9-12-14-17;/h9,11-14,18H,2-8,10,15-16H2,1H3,(H2,19,20,21);1H3. The van der Waals surface area contributed by atoms with E-state index in [0.29, 0.717) is 12.2 Å². The molecule has 0 bridgehead atoms. The second kappa shape index (κ2) is 13.4. The molecule has 5 N–H and O–H groups in total. The lowest BCUT2D eigenvalue weighted by Crippen LogP contribution is -2.21. The Hall–Kier alpha value is -0.870. The van der Waals surface area contributed by atoms with E-state index < -0.39 is 13.7 Å². The number of rotatable bonds is 13. The van der Waals surface area contributed by atoms with Crippen LogP contribution in [0.1, 0.15) is 64.7 Å². The molecule has 0 aliphatic rings. The van der Waals surface area contributed by atoms with Gasteiger partial charge in [-0.3, -0.25) is 4.57 Å². The van der Waals surface area contributed by atoms with Crippen molar-refractivity contribution in [1.82, 2.24) is 6.15 Å². The molecule has 1 aromatic carbocycles. The summed E-state index contributed by atoms with van der Waals surface area (Å²) in [7, 11) is -4.06. The van der Waals surface area contributed by atoms with Crippen molar-refractivity contribution in [2.24, 2.45) is 0 Å². The van der Waals surface area contributed by atoms with E-state index in [1.807, 2.05) is 30.3 Å². The van der Waals surface area contributed by atoms with Crippen LogP contribution < -0.4 is 10.9 Å². The normalized spacial score (nSPS) is 12.5. The zero-order valence-corrected chi connectivity index (χ0v) is 15.8. The highest BCUT2D eigenvalue weighted by Gasteiger charge is 2.22. The first kappa shape index (κ1) is 23.1. The van der Waals surface area contributed by atoms with Crippen LogP contribution >= 0.6 is 7.60 Å². The first-order valence-corrected chi connectivity index (χ1v) is 10.6. The first-order chi connectivity index (χ1) is 11.0. The summed E-state index contributed by atoms with van der Waals surface area (Å²) in [5.41, 5.74) is 0. The van der Waals surface area contributed by atoms with Crippen molar-refractivity contribution in [3.63, 3.8) is 0 Å². The second-order valence-corrected chi connectivity index (χ2v) is 7.86. The van der Waals surface area contributed by atoms with E-state index in [1.165, 1.54) is 38.5 Å². The largest absolute Gasteiger partial charge is 0.490 e. The highest BCUT2D eigenvalue weighted by atomic mass is 31.2. The fourth-order valence-corrected chi connectivity index (χ4v) is 3.44. The summed E-state index contributed by atoms with van der Waals surface area (Å²) in [4.78, 5) is 18.4. The summed E-state index contributed by atoms with van der Waals surface area (Å²) in [6.07, 6.45) is 9.74. The zero-order valence-electron chi connectivity index (χ0n) is 14.9. The number of para-hydroxylation sites is 1. The van der Waals surface area contributed by atoms with Crippen LogP contribution in [-0.2, 0) is 4.57 Å². The summed E-state index contributed by atoms with van der Waals surface area (Å²) in [6, 6.07) is 9.25. The van der Waals surface area contributed by atoms with Gasteiger partial charge in [-0.1, -0.05) is 70.1 Å². The van der Waals surface area contributed by atoms with Crippen molar-refractivity contribution < 1.29 is 19.1 Å². The number of hydrogen-bond donors (Lipinski definition) is 3. The molecule has 1 rings (SSSR count). The van der Waals surface area contributed by atoms with Gasteiger partial charge in [0.2, 0.25) is 0 Å². The third-order valence-electron chi connectivity index (χ3n) is 3.87. The number of ether oxygens (including phenoxy) is 1. The lowest BCUT2D eigenvalue weighted by Gasteiger charge is -2.19. The Balaban J connectivity index is 0.00000529. The Bertz CT molecular complexity index is 450. The Morgan fingerprint density at radius 1 is 0.958 bits per heavy atom. The van der Waals surface area contributed by atoms with Gasteiger partial charge in [0.15, 0.2) is 0 Å². The first-order valence-electron chi connectivity index (χ1n) is 8.77. The highest BCUT2D eigenvalue weighted by molar-refractivity contribution is 7.51. The van der Waals surface area contributed by atoms with Crippen LogP contribution in [0.15, 0.2) is 30.3 Å². The molecule has 0 aromatic heterocycles. The second-order valence-electron chi connectivity index (χ2n) is 6.16. The van der Waals surface area contributed by atoms with Crippen LogP contribution in [0.25, 0.3) is 0 Å². The molecule has 6 heteroatoms. The van der Waals surface area contributed by atoms with Crippen LogP contribution in [0, 0.1) is 0 Å². The van der Waals surface area contributed by atoms with Crippen molar-refractivity contribution in [2.45, 2.75) is 70.8 Å². The lowest BCUT2D eigenvalue weighted by atomic mass is 10.1. The van der Waals surface area contributed by atoms with E-state index in [4.69, 9.17) is 4.74 Å². The summed E-state index contributed by atoms with van der Waals surface area (Å²) in [5, 5.41) is 0. The maximum absolute atomic E-state index is 11.3. The summed E-state index contributed by atoms with van der Waals surface area (Å²) >= 11 is 0. The number of hydrogen-bond acceptors (Lipinski definition) is 3. The van der Waals surface area contributed by atoms with Crippen LogP contribution in [0.5, 0.6) is 5.75 Å². The molecule has 5 nitrogen and oxygen atoms in total. The minimum atomic E-state index is -4.06. The predicted octanol–water partition coefficient (Wildman–Crippen LogP) is 5.30. The number of benzene rings is 1. The Labute approximate surface area is 146 Å². The van der Waals surface area contributed by atoms with Crippen molar-refractivity contribution in [3.8, 4) is 5.75 Å². The van der Waals surface area contributed by atoms with Gasteiger partial charge in [0, 0.05) is 0 Å². The van der Waals surface area contributed by atoms with Gasteiger partial charge in [-0.2, -0.15) is 0 Å². The zero-order chi connectivity index (χ0) is 17.0. The fraction of sp³-hybridized carbons (Fsp3) is 0.667. The van der Waals surface area contributed by atoms with Gasteiger partial charge >= 0.3 is 7.60 Å². The molecule has 0 amide bonds. The van der Waals surface area contributed by atoms with Crippen LogP contribution in [-0.4, -0.2) is 22.1 Å². The average molecular weight is 359 g/mol. The molecule has 1 atom stereocenters. The molecule has 0 fully saturated rings. The summed E-state index contributed by atoms with van der Waals surface area (Å²) in [6.45, 7) is 2.22. The van der Waals surface area contributed by atoms with E-state index in [9.17, 15) is 14.4 Å². The van der Waals surface area contributed by atoms with E-state index >= 15 is 0 Å². The van der Waals surface area contributed by atoms with E-state index in [1.54, 1.807) is 0 Å². The quantitative estimate of drug-likeness (QED) is 0.327. The van der Waals surface area contributed by atoms with Gasteiger partial charge in [-0.15, -0.1) is 0 Å². The minimum absolute atomic E-state index is 0. The van der Waals surface area contributed by atoms with Gasteiger partial charge in [0.1, 0.15) is 11.9 Å². The number of unbranched alkanes of at least 4 members (excludes halogenated alkanes) is 7. The molecule has 0 aliphatic heterocycles. The molecule has 0 heterocycles. The molecule has 1 unspecified atom stereocenters. The molecule has 0 radical (unpaired) electrons. The molecular formula is C18H34NO4P. The topological polar surface area (TPSA) is 102 Å². The highest BCUT2D eigenvalue weighted by Crippen LogP contribution is 2.37. The Morgan fingerprint density at radius 2 is 1.50 bits per heavy atom. The van der Waals surface area contributed by atoms with Crippen molar-refractivity contribution in [3.05, 3.63) is 30.3 Å². The fourth-order valence-electron chi connectivity index (χ4n) is 2.65. The van der Waals surface area contributed by atoms with Gasteiger partial charge in [-0.25, -0.2) is 0 Å². The maximum atomic E-state index is 11.3. The van der Waals surface area contributed by atoms with Crippen molar-refractivity contribution >= 4 is 7.60 Å². The third-order valence-corrected chi connectivity index (χ3v) is 4.75. The van der Waals surface area contributed by atoms with E-state index in [0.717, 1.165) is 12.8 Å². The third kappa shape index (κ3) is 12.5. The molecular weight excluding hydrogens is 325 g/mol. The smallest absolute Gasteiger partial charge is 0.329 e. The molecule has 1 aromatic rings. The lowest BCUT2D eigenvalue weighted by molar-refractivity contribution is 0.199. The molecule has 140 valence electrons. The molecule has 0 saturated heterocycles. The molecule has 0 spiro atoms. The summed E-state index contributed by atoms with van der Waals surface area (Å²) < 4.78 is 17.0. The van der Waals surface area contributed by atoms with E-state index in [-0.39, 0.29) is 12.3 Å². The summed E-state index contributed by atoms with van der Waals surface area (Å²) in [5.74, 6) is 0.672. The monoisotopic (exact) mass is 359 g/mol. The van der Waals surface area contributed by atoms with E-state index in [2.05, 4.69) is 6.92 Å². The molecule has 0 aliphatic carbocycles. The average Bonchev–Trinajstić information content (AvgIpc) is 2.49. The Morgan fingerprint density at radius 3 is 2.04 bits per heavy atom. The van der Waals surface area contributed by atoms with Crippen LogP contribution in [0.3, 0.4) is 0 Å². The van der Waals surface area contributed by atoms with Crippen molar-refractivity contribution in [2.75, 3.05) is 6.16 Å². The maximum Gasteiger partial charge on any atom is 0.329 e. The van der Waals surface area contributed by atoms with Gasteiger partial charge < -0.3 is 20.7 Å². The van der Waals surface area contributed by atoms with Gasteiger partial charge in [0.25, 0.3) is 0 Å². The van der Waals surface area contributed by atoms with Crippen molar-refractivity contribution in [1.29, 1.82) is 0 Å². The minimum Gasteiger partial charge on any atom is -0.490 e. The SMILES string of the molecule is CCCCCCCCCCC(CP(=O)(O)O)Oc1ccccc1.N. The predicted molar refractivity (Wildman–Crippen MR) is 100 cm³/mol. The molecule has 0 saturated carbocycles. The van der Waals surface area contributed by atoms with Crippen LogP contribution in [0.4, 0.5) is 0 Å². The molecule has 24 heavy (non-hydrogen) atoms. The van der Waals surface area contributed by atoms with Gasteiger partial charge in [0.05, 0.1) is 6.16 Å².